The Bertz CT molecular complexity index is 1470. The van der Waals surface area contributed by atoms with Crippen molar-refractivity contribution in [2.75, 3.05) is 17.7 Å². The van der Waals surface area contributed by atoms with Gasteiger partial charge in [-0.15, -0.1) is 11.3 Å². The third-order valence-corrected chi connectivity index (χ3v) is 6.80. The summed E-state index contributed by atoms with van der Waals surface area (Å²) in [5.41, 5.74) is 3.87. The van der Waals surface area contributed by atoms with Crippen LogP contribution >= 0.6 is 11.3 Å². The zero-order chi connectivity index (χ0) is 24.9. The number of pyridine rings is 1. The summed E-state index contributed by atoms with van der Waals surface area (Å²) in [6.07, 6.45) is 5.95. The lowest BCUT2D eigenvalue weighted by atomic mass is 10.1. The van der Waals surface area contributed by atoms with Gasteiger partial charge in [0.1, 0.15) is 11.3 Å². The Hall–Kier alpha value is -3.80. The van der Waals surface area contributed by atoms with E-state index >= 15 is 0 Å². The quantitative estimate of drug-likeness (QED) is 0.389. The standard InChI is InChI=1S/C23H27N9O2S/c1-23(2,3)32-10-16(18(30-32)17-9-25-11-35-17)28-22(34)27-15-7-13(15)14-6-12-8-26-21(24-4)29-19(12)31(5)20(14)33/h6,8-11,13,15H,7H2,1-5H3,(H,24,26,29)(H2,27,28,34). The Morgan fingerprint density at radius 3 is 2.74 bits per heavy atom. The monoisotopic (exact) mass is 493 g/mol. The predicted molar refractivity (Wildman–Crippen MR) is 136 cm³/mol. The van der Waals surface area contributed by atoms with Crippen molar-refractivity contribution in [2.45, 2.75) is 44.7 Å². The van der Waals surface area contributed by atoms with Crippen molar-refractivity contribution in [2.24, 2.45) is 7.05 Å². The lowest BCUT2D eigenvalue weighted by Crippen LogP contribution is -2.32. The predicted octanol–water partition coefficient (Wildman–Crippen LogP) is 3.12. The molecule has 0 aromatic carbocycles. The van der Waals surface area contributed by atoms with Crippen LogP contribution in [0.4, 0.5) is 16.4 Å². The van der Waals surface area contributed by atoms with Crippen LogP contribution in [-0.4, -0.2) is 48.4 Å². The average molecular weight is 494 g/mol. The van der Waals surface area contributed by atoms with E-state index in [1.165, 1.54) is 15.9 Å². The number of amides is 2. The highest BCUT2D eigenvalue weighted by molar-refractivity contribution is 7.13. The number of thiazole rings is 1. The van der Waals surface area contributed by atoms with Gasteiger partial charge in [-0.25, -0.2) is 9.78 Å². The summed E-state index contributed by atoms with van der Waals surface area (Å²) in [4.78, 5) is 39.5. The van der Waals surface area contributed by atoms with Gasteiger partial charge in [0.15, 0.2) is 0 Å². The lowest BCUT2D eigenvalue weighted by Gasteiger charge is -2.18. The summed E-state index contributed by atoms with van der Waals surface area (Å²) in [6.45, 7) is 6.14. The van der Waals surface area contributed by atoms with Gasteiger partial charge in [0.2, 0.25) is 5.95 Å². The first-order chi connectivity index (χ1) is 16.7. The van der Waals surface area contributed by atoms with E-state index in [-0.39, 0.29) is 29.1 Å². The number of carbonyl (C=O) groups is 1. The number of fused-ring (bicyclic) bond motifs is 1. The summed E-state index contributed by atoms with van der Waals surface area (Å²) in [7, 11) is 3.43. The number of urea groups is 1. The van der Waals surface area contributed by atoms with Crippen LogP contribution in [0.25, 0.3) is 21.6 Å². The number of hydrogen-bond donors (Lipinski definition) is 3. The maximum atomic E-state index is 13.0. The molecule has 3 N–H and O–H groups in total. The number of aromatic nitrogens is 6. The van der Waals surface area contributed by atoms with Crippen molar-refractivity contribution in [3.05, 3.63) is 46.1 Å². The molecule has 2 unspecified atom stereocenters. The Labute approximate surface area is 205 Å². The van der Waals surface area contributed by atoms with Gasteiger partial charge in [0.25, 0.3) is 5.56 Å². The number of rotatable bonds is 5. The lowest BCUT2D eigenvalue weighted by molar-refractivity contribution is 0.251. The maximum Gasteiger partial charge on any atom is 0.319 e. The fraction of sp³-hybridized carbons (Fsp3) is 0.391. The van der Waals surface area contributed by atoms with E-state index in [0.717, 1.165) is 10.3 Å². The van der Waals surface area contributed by atoms with Crippen LogP contribution in [0.2, 0.25) is 0 Å². The molecule has 0 radical (unpaired) electrons. The van der Waals surface area contributed by atoms with E-state index in [1.807, 2.05) is 37.7 Å². The Kier molecular flexibility index (Phi) is 5.55. The van der Waals surface area contributed by atoms with Gasteiger partial charge in [-0.2, -0.15) is 10.1 Å². The molecule has 4 aromatic rings. The Morgan fingerprint density at radius 1 is 1.26 bits per heavy atom. The Balaban J connectivity index is 1.33. The minimum atomic E-state index is -0.337. The molecule has 1 fully saturated rings. The number of nitrogens with zero attached hydrogens (tertiary/aromatic N) is 6. The van der Waals surface area contributed by atoms with Crippen molar-refractivity contribution in [1.82, 2.24) is 34.6 Å². The van der Waals surface area contributed by atoms with Crippen LogP contribution in [0.15, 0.2) is 35.0 Å². The normalized spacial score (nSPS) is 17.4. The van der Waals surface area contributed by atoms with Crippen molar-refractivity contribution < 1.29 is 4.79 Å². The first kappa shape index (κ1) is 23.0. The van der Waals surface area contributed by atoms with Crippen molar-refractivity contribution in [3.63, 3.8) is 0 Å². The molecule has 0 bridgehead atoms. The van der Waals surface area contributed by atoms with Gasteiger partial charge in [0.05, 0.1) is 21.6 Å². The molecular weight excluding hydrogens is 466 g/mol. The summed E-state index contributed by atoms with van der Waals surface area (Å²) in [5.74, 6) is 0.390. The summed E-state index contributed by atoms with van der Waals surface area (Å²) in [6, 6.07) is 1.36. The summed E-state index contributed by atoms with van der Waals surface area (Å²) in [5, 5.41) is 14.3. The largest absolute Gasteiger partial charge is 0.357 e. The molecule has 0 aliphatic heterocycles. The second-order valence-electron chi connectivity index (χ2n) is 9.61. The van der Waals surface area contributed by atoms with Crippen molar-refractivity contribution >= 4 is 40.0 Å². The van der Waals surface area contributed by atoms with E-state index in [2.05, 4.69) is 36.0 Å². The second kappa shape index (κ2) is 8.45. The minimum Gasteiger partial charge on any atom is -0.357 e. The third kappa shape index (κ3) is 4.36. The molecule has 182 valence electrons. The van der Waals surface area contributed by atoms with Crippen LogP contribution in [0.3, 0.4) is 0 Å². The number of carbonyl (C=O) groups excluding carboxylic acids is 1. The van der Waals surface area contributed by atoms with Crippen molar-refractivity contribution in [3.8, 4) is 10.6 Å². The van der Waals surface area contributed by atoms with E-state index in [1.54, 1.807) is 32.0 Å². The molecule has 2 amide bonds. The highest BCUT2D eigenvalue weighted by atomic mass is 32.1. The topological polar surface area (TPSA) is 132 Å². The first-order valence-electron chi connectivity index (χ1n) is 11.3. The van der Waals surface area contributed by atoms with Crippen LogP contribution in [0.5, 0.6) is 0 Å². The first-order valence-corrected chi connectivity index (χ1v) is 12.1. The van der Waals surface area contributed by atoms with Gasteiger partial charge in [-0.1, -0.05) is 0 Å². The number of nitrogens with one attached hydrogen (secondary N) is 3. The molecule has 1 aliphatic carbocycles. The maximum absolute atomic E-state index is 13.0. The molecule has 35 heavy (non-hydrogen) atoms. The van der Waals surface area contributed by atoms with Gasteiger partial charge >= 0.3 is 6.03 Å². The fourth-order valence-corrected chi connectivity index (χ4v) is 4.63. The zero-order valence-corrected chi connectivity index (χ0v) is 21.0. The van der Waals surface area contributed by atoms with Gasteiger partial charge < -0.3 is 16.0 Å². The van der Waals surface area contributed by atoms with Crippen LogP contribution in [0, 0.1) is 0 Å². The summed E-state index contributed by atoms with van der Waals surface area (Å²) >= 11 is 1.46. The summed E-state index contributed by atoms with van der Waals surface area (Å²) < 4.78 is 3.36. The highest BCUT2D eigenvalue weighted by Gasteiger charge is 2.42. The van der Waals surface area contributed by atoms with Crippen molar-refractivity contribution in [1.29, 1.82) is 0 Å². The van der Waals surface area contributed by atoms with E-state index in [0.29, 0.717) is 35.0 Å². The number of hydrogen-bond acceptors (Lipinski definition) is 8. The van der Waals surface area contributed by atoms with E-state index < -0.39 is 0 Å². The molecule has 12 heteroatoms. The minimum absolute atomic E-state index is 0.0638. The molecule has 0 spiro atoms. The molecule has 4 aromatic heterocycles. The second-order valence-corrected chi connectivity index (χ2v) is 10.5. The molecule has 5 rings (SSSR count). The average Bonchev–Trinajstić information content (AvgIpc) is 3.19. The SMILES string of the molecule is CNc1ncc2cc(C3CC3NC(=O)Nc3cn(C(C)(C)C)nc3-c3cncs3)c(=O)n(C)c2n1. The van der Waals surface area contributed by atoms with Gasteiger partial charge in [-0.3, -0.25) is 19.0 Å². The van der Waals surface area contributed by atoms with Gasteiger partial charge in [0, 0.05) is 55.6 Å². The third-order valence-electron chi connectivity index (χ3n) is 6.02. The molecular formula is C23H27N9O2S. The highest BCUT2D eigenvalue weighted by Crippen LogP contribution is 2.40. The number of aryl methyl sites for hydroxylation is 1. The molecule has 4 heterocycles. The van der Waals surface area contributed by atoms with E-state index in [9.17, 15) is 9.59 Å². The Morgan fingerprint density at radius 2 is 2.06 bits per heavy atom. The van der Waals surface area contributed by atoms with Crippen LogP contribution in [0.1, 0.15) is 38.7 Å². The molecule has 11 nitrogen and oxygen atoms in total. The molecule has 2 atom stereocenters. The number of anilines is 2. The van der Waals surface area contributed by atoms with E-state index in [4.69, 9.17) is 0 Å². The smallest absolute Gasteiger partial charge is 0.319 e. The molecule has 1 aliphatic rings. The fourth-order valence-electron chi connectivity index (χ4n) is 4.01. The van der Waals surface area contributed by atoms with Crippen LogP contribution in [-0.2, 0) is 12.6 Å². The zero-order valence-electron chi connectivity index (χ0n) is 20.2. The molecule has 1 saturated carbocycles. The van der Waals surface area contributed by atoms with Crippen LogP contribution < -0.4 is 21.5 Å². The molecule has 0 saturated heterocycles. The van der Waals surface area contributed by atoms with Gasteiger partial charge in [-0.05, 0) is 33.3 Å².